The number of nitrogens with one attached hydrogen (secondary N) is 1. The minimum atomic E-state index is 0. The van der Waals surface area contributed by atoms with Crippen LogP contribution in [0.1, 0.15) is 12.8 Å². The van der Waals surface area contributed by atoms with Crippen LogP contribution in [-0.2, 0) is 4.79 Å². The van der Waals surface area contributed by atoms with Gasteiger partial charge < -0.3 is 11.1 Å². The molecule has 0 spiro atoms. The summed E-state index contributed by atoms with van der Waals surface area (Å²) in [6.45, 7) is 2.50. The summed E-state index contributed by atoms with van der Waals surface area (Å²) in [7, 11) is 0. The van der Waals surface area contributed by atoms with Crippen LogP contribution in [0.15, 0.2) is 0 Å². The number of primary amides is 1. The van der Waals surface area contributed by atoms with Crippen LogP contribution in [-0.4, -0.2) is 19.5 Å². The molecule has 1 aliphatic heterocycles. The van der Waals surface area contributed by atoms with Crippen LogP contribution in [0.2, 0.25) is 0 Å². The third kappa shape index (κ3) is 15.7. The molecule has 3 nitrogen and oxygen atoms in total. The number of carbonyl (C=O) groups is 1. The van der Waals surface area contributed by atoms with Crippen molar-refractivity contribution in [2.75, 3.05) is 13.1 Å². The summed E-state index contributed by atoms with van der Waals surface area (Å²) < 4.78 is 0. The minimum Gasteiger partial charge on any atom is -0.372 e. The van der Waals surface area contributed by atoms with Gasteiger partial charge in [-0.25, -0.2) is 0 Å². The zero-order chi connectivity index (χ0) is 6.24. The van der Waals surface area contributed by atoms with Gasteiger partial charge in [-0.3, -0.25) is 4.79 Å². The summed E-state index contributed by atoms with van der Waals surface area (Å²) in [5, 5.41) is 3.22. The summed E-state index contributed by atoms with van der Waals surface area (Å²) in [5.74, 6) is 0. The van der Waals surface area contributed by atoms with E-state index < -0.39 is 0 Å². The first-order valence-corrected chi connectivity index (χ1v) is 2.78. The zero-order valence-corrected chi connectivity index (χ0v) is 7.34. The van der Waals surface area contributed by atoms with E-state index >= 15 is 0 Å². The van der Waals surface area contributed by atoms with Gasteiger partial charge in [0.1, 0.15) is 0 Å². The second kappa shape index (κ2) is 16.0. The molecule has 1 heterocycles. The predicted molar refractivity (Wildman–Crippen MR) is 46.9 cm³/mol. The van der Waals surface area contributed by atoms with E-state index in [-0.39, 0.29) is 31.2 Å². The summed E-state index contributed by atoms with van der Waals surface area (Å²) >= 11 is 0. The third-order valence-corrected chi connectivity index (χ3v) is 0.957. The number of carbonyl (C=O) groups excluding carboxylic acids is 1. The SMILES string of the molecule is C1CCNC1.Cl.Cl.NC=O. The van der Waals surface area contributed by atoms with Crippen LogP contribution >= 0.6 is 24.8 Å². The molecule has 0 aromatic heterocycles. The van der Waals surface area contributed by atoms with E-state index in [2.05, 4.69) is 11.1 Å². The van der Waals surface area contributed by atoms with Gasteiger partial charge in [0.2, 0.25) is 6.41 Å². The molecule has 1 rings (SSSR count). The Morgan fingerprint density at radius 3 is 1.60 bits per heavy atom. The van der Waals surface area contributed by atoms with Gasteiger partial charge in [0, 0.05) is 0 Å². The van der Waals surface area contributed by atoms with Crippen molar-refractivity contribution < 1.29 is 4.79 Å². The molecule has 1 saturated heterocycles. The summed E-state index contributed by atoms with van der Waals surface area (Å²) in [6.07, 6.45) is 3.03. The Morgan fingerprint density at radius 1 is 1.20 bits per heavy atom. The molecular formula is C5H14Cl2N2O. The highest BCUT2D eigenvalue weighted by atomic mass is 35.5. The number of nitrogens with two attached hydrogens (primary N) is 1. The predicted octanol–water partition coefficient (Wildman–Crippen LogP) is 0.315. The molecule has 10 heavy (non-hydrogen) atoms. The van der Waals surface area contributed by atoms with Crippen LogP contribution in [0.3, 0.4) is 0 Å². The van der Waals surface area contributed by atoms with Crippen LogP contribution < -0.4 is 11.1 Å². The number of hydrogen-bond donors (Lipinski definition) is 2. The molecule has 3 N–H and O–H groups in total. The van der Waals surface area contributed by atoms with E-state index in [4.69, 9.17) is 4.79 Å². The van der Waals surface area contributed by atoms with Crippen molar-refractivity contribution in [1.29, 1.82) is 0 Å². The second-order valence-corrected chi connectivity index (χ2v) is 1.59. The van der Waals surface area contributed by atoms with Crippen molar-refractivity contribution in [3.8, 4) is 0 Å². The Labute approximate surface area is 73.6 Å². The van der Waals surface area contributed by atoms with Crippen LogP contribution in [0.5, 0.6) is 0 Å². The second-order valence-electron chi connectivity index (χ2n) is 1.59. The molecule has 64 valence electrons. The standard InChI is InChI=1S/C4H9N.CH3NO.2ClH/c1-2-4-5-3-1;2-1-3;;/h5H,1-4H2;1H,(H2,2,3);2*1H. The highest BCUT2D eigenvalue weighted by Crippen LogP contribution is 1.90. The van der Waals surface area contributed by atoms with Gasteiger partial charge in [-0.15, -0.1) is 24.8 Å². The van der Waals surface area contributed by atoms with Crippen LogP contribution in [0.4, 0.5) is 0 Å². The lowest BCUT2D eigenvalue weighted by molar-refractivity contribution is -0.106. The largest absolute Gasteiger partial charge is 0.372 e. The summed E-state index contributed by atoms with van der Waals surface area (Å²) in [4.78, 5) is 8.58. The Hall–Kier alpha value is 0.01000. The highest BCUT2D eigenvalue weighted by Gasteiger charge is 1.93. The van der Waals surface area contributed by atoms with Crippen molar-refractivity contribution in [3.05, 3.63) is 0 Å². The Morgan fingerprint density at radius 2 is 1.50 bits per heavy atom. The summed E-state index contributed by atoms with van der Waals surface area (Å²) in [5.41, 5.74) is 4.17. The van der Waals surface area contributed by atoms with Crippen LogP contribution in [0.25, 0.3) is 0 Å². The lowest BCUT2D eigenvalue weighted by atomic mass is 10.4. The molecule has 0 unspecified atom stereocenters. The van der Waals surface area contributed by atoms with E-state index in [1.807, 2.05) is 0 Å². The Bertz CT molecular complexity index is 52.0. The van der Waals surface area contributed by atoms with E-state index in [0.29, 0.717) is 0 Å². The molecule has 1 aliphatic rings. The van der Waals surface area contributed by atoms with Crippen molar-refractivity contribution >= 4 is 31.2 Å². The lowest BCUT2D eigenvalue weighted by Crippen LogP contribution is -2.03. The molecule has 0 aromatic rings. The zero-order valence-electron chi connectivity index (χ0n) is 5.71. The van der Waals surface area contributed by atoms with Crippen LogP contribution in [0, 0.1) is 0 Å². The maximum atomic E-state index is 8.58. The maximum Gasteiger partial charge on any atom is 0.204 e. The van der Waals surface area contributed by atoms with Crippen molar-refractivity contribution in [3.63, 3.8) is 0 Å². The van der Waals surface area contributed by atoms with Gasteiger partial charge in [0.15, 0.2) is 0 Å². The number of rotatable bonds is 0. The molecular weight excluding hydrogens is 175 g/mol. The van der Waals surface area contributed by atoms with E-state index in [0.717, 1.165) is 0 Å². The average molecular weight is 189 g/mol. The Kier molecular flexibility index (Phi) is 26.5. The molecule has 1 amide bonds. The lowest BCUT2D eigenvalue weighted by Gasteiger charge is -1.76. The molecule has 0 aliphatic carbocycles. The van der Waals surface area contributed by atoms with Gasteiger partial charge in [0.25, 0.3) is 0 Å². The molecule has 0 radical (unpaired) electrons. The molecule has 0 aromatic carbocycles. The first-order valence-electron chi connectivity index (χ1n) is 2.78. The average Bonchev–Trinajstić information content (AvgIpc) is 2.17. The fraction of sp³-hybridized carbons (Fsp3) is 0.800. The quantitative estimate of drug-likeness (QED) is 0.539. The normalized spacial score (nSPS) is 13.2. The number of amides is 1. The van der Waals surface area contributed by atoms with Gasteiger partial charge in [-0.05, 0) is 25.9 Å². The third-order valence-electron chi connectivity index (χ3n) is 0.957. The fourth-order valence-corrected chi connectivity index (χ4v) is 0.625. The van der Waals surface area contributed by atoms with E-state index in [9.17, 15) is 0 Å². The smallest absolute Gasteiger partial charge is 0.204 e. The maximum absolute atomic E-state index is 8.58. The number of halogens is 2. The van der Waals surface area contributed by atoms with Crippen molar-refractivity contribution in [1.82, 2.24) is 5.32 Å². The van der Waals surface area contributed by atoms with Gasteiger partial charge >= 0.3 is 0 Å². The van der Waals surface area contributed by atoms with Crippen molar-refractivity contribution in [2.24, 2.45) is 5.73 Å². The first kappa shape index (κ1) is 16.5. The molecule has 0 saturated carbocycles. The first-order chi connectivity index (χ1) is 3.91. The van der Waals surface area contributed by atoms with Gasteiger partial charge in [-0.2, -0.15) is 0 Å². The molecule has 5 heteroatoms. The van der Waals surface area contributed by atoms with E-state index in [1.165, 1.54) is 25.9 Å². The van der Waals surface area contributed by atoms with Gasteiger partial charge in [0.05, 0.1) is 0 Å². The summed E-state index contributed by atoms with van der Waals surface area (Å²) in [6, 6.07) is 0. The highest BCUT2D eigenvalue weighted by molar-refractivity contribution is 5.85. The van der Waals surface area contributed by atoms with Gasteiger partial charge in [-0.1, -0.05) is 0 Å². The molecule has 1 fully saturated rings. The Balaban J connectivity index is -0.0000000900. The monoisotopic (exact) mass is 188 g/mol. The topological polar surface area (TPSA) is 55.1 Å². The van der Waals surface area contributed by atoms with Crippen molar-refractivity contribution in [2.45, 2.75) is 12.8 Å². The fourth-order valence-electron chi connectivity index (χ4n) is 0.625. The molecule has 0 atom stereocenters. The molecule has 0 bridgehead atoms. The minimum absolute atomic E-state index is 0. The van der Waals surface area contributed by atoms with E-state index in [1.54, 1.807) is 0 Å². The number of hydrogen-bond acceptors (Lipinski definition) is 2.